The zero-order valence-corrected chi connectivity index (χ0v) is 11.3. The average molecular weight is 262 g/mol. The van der Waals surface area contributed by atoms with Gasteiger partial charge in [0.05, 0.1) is 5.69 Å². The lowest BCUT2D eigenvalue weighted by Crippen LogP contribution is -2.15. The van der Waals surface area contributed by atoms with E-state index in [0.29, 0.717) is 18.1 Å². The molecule has 0 aliphatic carbocycles. The van der Waals surface area contributed by atoms with Crippen LogP contribution in [0.15, 0.2) is 12.3 Å². The summed E-state index contributed by atoms with van der Waals surface area (Å²) >= 11 is 0. The maximum atomic E-state index is 11.1. The van der Waals surface area contributed by atoms with Gasteiger partial charge in [-0.2, -0.15) is 10.2 Å². The Morgan fingerprint density at radius 2 is 2.21 bits per heavy atom. The first kappa shape index (κ1) is 13.1. The molecule has 0 aromatic carbocycles. The fourth-order valence-electron chi connectivity index (χ4n) is 1.86. The van der Waals surface area contributed by atoms with Crippen molar-refractivity contribution in [1.29, 1.82) is 0 Å². The number of carbonyl (C=O) groups excluding carboxylic acids is 1. The molecule has 0 fully saturated rings. The number of aromatic nitrogens is 4. The van der Waals surface area contributed by atoms with Crippen LogP contribution >= 0.6 is 0 Å². The van der Waals surface area contributed by atoms with Crippen molar-refractivity contribution in [2.45, 2.75) is 26.9 Å². The van der Waals surface area contributed by atoms with E-state index in [1.54, 1.807) is 13.1 Å². The van der Waals surface area contributed by atoms with E-state index in [1.807, 2.05) is 24.7 Å². The van der Waals surface area contributed by atoms with Crippen molar-refractivity contribution in [3.05, 3.63) is 29.2 Å². The van der Waals surface area contributed by atoms with Crippen LogP contribution in [0.1, 0.15) is 28.7 Å². The molecule has 0 radical (unpaired) electrons. The standard InChI is InChI=1S/C12H18N6O/c1-4-18-7-9(8(2)15-18)6-14-11-5-10(12(13)19)17(3)16-11/h5,7H,4,6H2,1-3H3,(H2,13,19)(H,14,16). The lowest BCUT2D eigenvalue weighted by Gasteiger charge is -2.00. The Hall–Kier alpha value is -2.31. The van der Waals surface area contributed by atoms with Gasteiger partial charge in [-0.05, 0) is 13.8 Å². The summed E-state index contributed by atoms with van der Waals surface area (Å²) in [5.41, 5.74) is 7.71. The third kappa shape index (κ3) is 2.75. The minimum atomic E-state index is -0.488. The number of hydrogen-bond donors (Lipinski definition) is 2. The summed E-state index contributed by atoms with van der Waals surface area (Å²) in [6, 6.07) is 1.64. The highest BCUT2D eigenvalue weighted by molar-refractivity contribution is 5.91. The van der Waals surface area contributed by atoms with Gasteiger partial charge in [0.2, 0.25) is 0 Å². The molecule has 102 valence electrons. The molecule has 0 saturated carbocycles. The highest BCUT2D eigenvalue weighted by atomic mass is 16.1. The minimum Gasteiger partial charge on any atom is -0.364 e. The van der Waals surface area contributed by atoms with Crippen molar-refractivity contribution in [3.63, 3.8) is 0 Å². The maximum Gasteiger partial charge on any atom is 0.267 e. The van der Waals surface area contributed by atoms with Crippen molar-refractivity contribution in [2.75, 3.05) is 5.32 Å². The molecule has 7 heteroatoms. The molecule has 0 unspecified atom stereocenters. The van der Waals surface area contributed by atoms with E-state index >= 15 is 0 Å². The Morgan fingerprint density at radius 1 is 1.47 bits per heavy atom. The molecule has 0 aliphatic heterocycles. The van der Waals surface area contributed by atoms with Crippen LogP contribution in [0.3, 0.4) is 0 Å². The molecule has 2 aromatic heterocycles. The first-order valence-electron chi connectivity index (χ1n) is 6.12. The van der Waals surface area contributed by atoms with Gasteiger partial charge in [0.25, 0.3) is 5.91 Å². The summed E-state index contributed by atoms with van der Waals surface area (Å²) in [5, 5.41) is 11.7. The van der Waals surface area contributed by atoms with Gasteiger partial charge in [0.15, 0.2) is 0 Å². The monoisotopic (exact) mass is 262 g/mol. The molecule has 3 N–H and O–H groups in total. The van der Waals surface area contributed by atoms with Crippen LogP contribution in [-0.4, -0.2) is 25.5 Å². The van der Waals surface area contributed by atoms with Gasteiger partial charge in [-0.25, -0.2) is 0 Å². The summed E-state index contributed by atoms with van der Waals surface area (Å²) < 4.78 is 3.35. The van der Waals surface area contributed by atoms with Crippen LogP contribution in [0.5, 0.6) is 0 Å². The zero-order chi connectivity index (χ0) is 14.0. The number of nitrogens with two attached hydrogens (primary N) is 1. The van der Waals surface area contributed by atoms with Gasteiger partial charge in [0, 0.05) is 38.0 Å². The van der Waals surface area contributed by atoms with E-state index in [2.05, 4.69) is 15.5 Å². The summed E-state index contributed by atoms with van der Waals surface area (Å²) in [7, 11) is 1.69. The largest absolute Gasteiger partial charge is 0.364 e. The number of nitrogens with one attached hydrogen (secondary N) is 1. The molecule has 1 amide bonds. The summed E-state index contributed by atoms with van der Waals surface area (Å²) in [6.07, 6.45) is 2.00. The van der Waals surface area contributed by atoms with E-state index in [-0.39, 0.29) is 0 Å². The number of hydrogen-bond acceptors (Lipinski definition) is 4. The lowest BCUT2D eigenvalue weighted by atomic mass is 10.2. The smallest absolute Gasteiger partial charge is 0.267 e. The van der Waals surface area contributed by atoms with Gasteiger partial charge >= 0.3 is 0 Å². The average Bonchev–Trinajstić information content (AvgIpc) is 2.90. The molecular formula is C12H18N6O. The molecular weight excluding hydrogens is 244 g/mol. The van der Waals surface area contributed by atoms with Crippen LogP contribution in [0.25, 0.3) is 0 Å². The van der Waals surface area contributed by atoms with E-state index in [0.717, 1.165) is 17.8 Å². The predicted molar refractivity (Wildman–Crippen MR) is 71.7 cm³/mol. The van der Waals surface area contributed by atoms with E-state index in [9.17, 15) is 4.79 Å². The minimum absolute atomic E-state index is 0.378. The number of amides is 1. The van der Waals surface area contributed by atoms with Crippen LogP contribution in [0.4, 0.5) is 5.82 Å². The van der Waals surface area contributed by atoms with Gasteiger partial charge in [-0.15, -0.1) is 0 Å². The maximum absolute atomic E-state index is 11.1. The van der Waals surface area contributed by atoms with Crippen molar-refractivity contribution in [1.82, 2.24) is 19.6 Å². The Labute approximate surface area is 111 Å². The second-order valence-electron chi connectivity index (χ2n) is 4.35. The summed E-state index contributed by atoms with van der Waals surface area (Å²) in [6.45, 7) is 5.47. The SMILES string of the molecule is CCn1cc(CNc2cc(C(N)=O)n(C)n2)c(C)n1. The molecule has 0 saturated heterocycles. The van der Waals surface area contributed by atoms with Crippen molar-refractivity contribution in [2.24, 2.45) is 12.8 Å². The third-order valence-corrected chi connectivity index (χ3v) is 2.96. The second kappa shape index (κ2) is 5.13. The number of aryl methyl sites for hydroxylation is 3. The Balaban J connectivity index is 2.08. The summed E-state index contributed by atoms with van der Waals surface area (Å²) in [5.74, 6) is 0.137. The Morgan fingerprint density at radius 3 is 2.74 bits per heavy atom. The Bertz CT molecular complexity index is 597. The molecule has 19 heavy (non-hydrogen) atoms. The highest BCUT2D eigenvalue weighted by Gasteiger charge is 2.10. The quantitative estimate of drug-likeness (QED) is 0.828. The molecule has 0 spiro atoms. The zero-order valence-electron chi connectivity index (χ0n) is 11.3. The fraction of sp³-hybridized carbons (Fsp3) is 0.417. The number of primary amides is 1. The van der Waals surface area contributed by atoms with Crippen LogP contribution < -0.4 is 11.1 Å². The lowest BCUT2D eigenvalue weighted by molar-refractivity contribution is 0.0991. The molecule has 2 rings (SSSR count). The number of anilines is 1. The van der Waals surface area contributed by atoms with Gasteiger partial charge in [0.1, 0.15) is 11.5 Å². The van der Waals surface area contributed by atoms with E-state index < -0.39 is 5.91 Å². The Kier molecular flexibility index (Phi) is 3.55. The predicted octanol–water partition coefficient (Wildman–Crippen LogP) is 0.656. The van der Waals surface area contributed by atoms with Crippen LogP contribution in [0, 0.1) is 6.92 Å². The van der Waals surface area contributed by atoms with Gasteiger partial charge in [-0.1, -0.05) is 0 Å². The molecule has 2 heterocycles. The first-order valence-corrected chi connectivity index (χ1v) is 6.12. The topological polar surface area (TPSA) is 90.8 Å². The number of carbonyl (C=O) groups is 1. The normalized spacial score (nSPS) is 10.7. The van der Waals surface area contributed by atoms with Gasteiger partial charge in [-0.3, -0.25) is 14.2 Å². The van der Waals surface area contributed by atoms with Crippen LogP contribution in [0.2, 0.25) is 0 Å². The van der Waals surface area contributed by atoms with Crippen molar-refractivity contribution >= 4 is 11.7 Å². The van der Waals surface area contributed by atoms with E-state index in [4.69, 9.17) is 5.73 Å². The first-order chi connectivity index (χ1) is 9.01. The third-order valence-electron chi connectivity index (χ3n) is 2.96. The second-order valence-corrected chi connectivity index (χ2v) is 4.35. The fourth-order valence-corrected chi connectivity index (χ4v) is 1.86. The molecule has 7 nitrogen and oxygen atoms in total. The molecule has 0 atom stereocenters. The van der Waals surface area contributed by atoms with Crippen LogP contribution in [-0.2, 0) is 20.1 Å². The summed E-state index contributed by atoms with van der Waals surface area (Å²) in [4.78, 5) is 11.1. The van der Waals surface area contributed by atoms with Crippen molar-refractivity contribution in [3.8, 4) is 0 Å². The molecule has 0 aliphatic rings. The molecule has 0 bridgehead atoms. The number of nitrogens with zero attached hydrogens (tertiary/aromatic N) is 4. The van der Waals surface area contributed by atoms with E-state index in [1.165, 1.54) is 4.68 Å². The molecule has 2 aromatic rings. The van der Waals surface area contributed by atoms with Gasteiger partial charge < -0.3 is 11.1 Å². The number of rotatable bonds is 5. The van der Waals surface area contributed by atoms with Crippen molar-refractivity contribution < 1.29 is 4.79 Å². The highest BCUT2D eigenvalue weighted by Crippen LogP contribution is 2.11.